The minimum Gasteiger partial charge on any atom is -0.494 e. The van der Waals surface area contributed by atoms with Crippen molar-refractivity contribution in [2.45, 2.75) is 46.2 Å². The molecule has 5 heteroatoms. The van der Waals surface area contributed by atoms with Crippen molar-refractivity contribution >= 4 is 17.5 Å². The van der Waals surface area contributed by atoms with E-state index in [1.165, 1.54) is 0 Å². The minimum absolute atomic E-state index is 0.0244. The molecule has 0 aliphatic carbocycles. The Labute approximate surface area is 166 Å². The van der Waals surface area contributed by atoms with Crippen LogP contribution in [0.3, 0.4) is 0 Å². The van der Waals surface area contributed by atoms with E-state index in [0.717, 1.165) is 16.9 Å². The van der Waals surface area contributed by atoms with Gasteiger partial charge in [-0.2, -0.15) is 0 Å². The van der Waals surface area contributed by atoms with Gasteiger partial charge in [0, 0.05) is 25.1 Å². The number of fused-ring (bicyclic) bond motifs is 1. The zero-order chi connectivity index (χ0) is 20.1. The maximum absolute atomic E-state index is 13.1. The van der Waals surface area contributed by atoms with Crippen molar-refractivity contribution in [1.29, 1.82) is 0 Å². The second-order valence-corrected chi connectivity index (χ2v) is 7.55. The second kappa shape index (κ2) is 8.91. The first-order chi connectivity index (χ1) is 13.5. The maximum Gasteiger partial charge on any atom is 0.247 e. The summed E-state index contributed by atoms with van der Waals surface area (Å²) >= 11 is 0. The maximum atomic E-state index is 13.1. The van der Waals surface area contributed by atoms with Gasteiger partial charge in [0.25, 0.3) is 0 Å². The van der Waals surface area contributed by atoms with Gasteiger partial charge in [-0.3, -0.25) is 9.59 Å². The fourth-order valence-electron chi connectivity index (χ4n) is 3.51. The lowest BCUT2D eigenvalue weighted by atomic mass is 9.92. The zero-order valence-corrected chi connectivity index (χ0v) is 16.8. The molecule has 2 amide bonds. The Morgan fingerprint density at radius 1 is 1.11 bits per heavy atom. The van der Waals surface area contributed by atoms with E-state index < -0.39 is 6.04 Å². The minimum atomic E-state index is -0.507. The van der Waals surface area contributed by atoms with Crippen LogP contribution >= 0.6 is 0 Å². The Kier molecular flexibility index (Phi) is 6.34. The van der Waals surface area contributed by atoms with Crippen molar-refractivity contribution in [3.63, 3.8) is 0 Å². The van der Waals surface area contributed by atoms with E-state index in [-0.39, 0.29) is 17.7 Å². The van der Waals surface area contributed by atoms with Crippen molar-refractivity contribution in [3.8, 4) is 5.75 Å². The van der Waals surface area contributed by atoms with Crippen molar-refractivity contribution in [2.24, 2.45) is 5.92 Å². The largest absolute Gasteiger partial charge is 0.494 e. The monoisotopic (exact) mass is 380 g/mol. The first-order valence-corrected chi connectivity index (χ1v) is 9.88. The lowest BCUT2D eigenvalue weighted by Crippen LogP contribution is -2.50. The summed E-state index contributed by atoms with van der Waals surface area (Å²) in [6.07, 6.45) is 0.970. The molecule has 28 heavy (non-hydrogen) atoms. The summed E-state index contributed by atoms with van der Waals surface area (Å²) in [6.45, 7) is 7.04. The molecule has 1 heterocycles. The standard InChI is InChI=1S/C23H28N2O3/c1-4-28-20-11-9-19(10-12-20)24-23(27)21-14-17-7-5-6-8-18(17)15-25(21)22(26)13-16(2)3/h5-12,16,21H,4,13-15H2,1-3H3,(H,24,27). The molecule has 1 aliphatic rings. The molecule has 2 aromatic carbocycles. The zero-order valence-electron chi connectivity index (χ0n) is 16.8. The molecule has 0 saturated heterocycles. The summed E-state index contributed by atoms with van der Waals surface area (Å²) in [4.78, 5) is 27.6. The summed E-state index contributed by atoms with van der Waals surface area (Å²) in [5, 5.41) is 2.96. The molecular weight excluding hydrogens is 352 g/mol. The highest BCUT2D eigenvalue weighted by atomic mass is 16.5. The third kappa shape index (κ3) is 4.71. The number of nitrogens with zero attached hydrogens (tertiary/aromatic N) is 1. The number of benzene rings is 2. The third-order valence-electron chi connectivity index (χ3n) is 4.89. The number of anilines is 1. The molecule has 5 nitrogen and oxygen atoms in total. The summed E-state index contributed by atoms with van der Waals surface area (Å²) in [5.41, 5.74) is 2.94. The number of ether oxygens (including phenoxy) is 1. The molecule has 0 bridgehead atoms. The van der Waals surface area contributed by atoms with Crippen LogP contribution in [-0.4, -0.2) is 29.4 Å². The lowest BCUT2D eigenvalue weighted by molar-refractivity contribution is -0.140. The molecule has 0 saturated carbocycles. The van der Waals surface area contributed by atoms with E-state index in [4.69, 9.17) is 4.74 Å². The number of hydrogen-bond donors (Lipinski definition) is 1. The van der Waals surface area contributed by atoms with Gasteiger partial charge in [0.15, 0.2) is 0 Å². The fraction of sp³-hybridized carbons (Fsp3) is 0.391. The fourth-order valence-corrected chi connectivity index (χ4v) is 3.51. The lowest BCUT2D eigenvalue weighted by Gasteiger charge is -2.36. The van der Waals surface area contributed by atoms with Crippen LogP contribution in [0.25, 0.3) is 0 Å². The van der Waals surface area contributed by atoms with Crippen LogP contribution in [0.2, 0.25) is 0 Å². The average molecular weight is 380 g/mol. The second-order valence-electron chi connectivity index (χ2n) is 7.55. The first-order valence-electron chi connectivity index (χ1n) is 9.88. The van der Waals surface area contributed by atoms with Crippen molar-refractivity contribution in [1.82, 2.24) is 4.90 Å². The number of rotatable bonds is 6. The number of carbonyl (C=O) groups excluding carboxylic acids is 2. The predicted octanol–water partition coefficient (Wildman–Crippen LogP) is 4.02. The van der Waals surface area contributed by atoms with Crippen LogP contribution in [-0.2, 0) is 22.6 Å². The number of amides is 2. The Morgan fingerprint density at radius 3 is 2.43 bits per heavy atom. The normalized spacial score (nSPS) is 15.9. The Bertz CT molecular complexity index is 830. The average Bonchev–Trinajstić information content (AvgIpc) is 2.68. The third-order valence-corrected chi connectivity index (χ3v) is 4.89. The number of carbonyl (C=O) groups is 2. The molecule has 3 rings (SSSR count). The van der Waals surface area contributed by atoms with Crippen molar-refractivity contribution < 1.29 is 14.3 Å². The summed E-state index contributed by atoms with van der Waals surface area (Å²) in [6, 6.07) is 14.8. The van der Waals surface area contributed by atoms with Gasteiger partial charge in [-0.05, 0) is 48.2 Å². The highest BCUT2D eigenvalue weighted by Crippen LogP contribution is 2.26. The van der Waals surface area contributed by atoms with Crippen LogP contribution in [0.4, 0.5) is 5.69 Å². The van der Waals surface area contributed by atoms with Crippen LogP contribution in [0.5, 0.6) is 5.75 Å². The van der Waals surface area contributed by atoms with Gasteiger partial charge < -0.3 is 15.0 Å². The molecule has 1 atom stereocenters. The molecule has 1 N–H and O–H groups in total. The quantitative estimate of drug-likeness (QED) is 0.823. The van der Waals surface area contributed by atoms with Gasteiger partial charge in [-0.25, -0.2) is 0 Å². The van der Waals surface area contributed by atoms with E-state index >= 15 is 0 Å². The topological polar surface area (TPSA) is 58.6 Å². The van der Waals surface area contributed by atoms with E-state index in [9.17, 15) is 9.59 Å². The molecule has 1 unspecified atom stereocenters. The molecule has 0 spiro atoms. The van der Waals surface area contributed by atoms with Crippen LogP contribution in [0.1, 0.15) is 38.3 Å². The van der Waals surface area contributed by atoms with Gasteiger partial charge >= 0.3 is 0 Å². The predicted molar refractivity (Wildman–Crippen MR) is 110 cm³/mol. The molecule has 0 radical (unpaired) electrons. The van der Waals surface area contributed by atoms with Crippen LogP contribution < -0.4 is 10.1 Å². The summed E-state index contributed by atoms with van der Waals surface area (Å²) < 4.78 is 5.44. The Morgan fingerprint density at radius 2 is 1.79 bits per heavy atom. The van der Waals surface area contributed by atoms with Gasteiger partial charge in [0.1, 0.15) is 11.8 Å². The number of nitrogens with one attached hydrogen (secondary N) is 1. The van der Waals surface area contributed by atoms with Gasteiger partial charge in [-0.1, -0.05) is 38.1 Å². The van der Waals surface area contributed by atoms with Crippen LogP contribution in [0.15, 0.2) is 48.5 Å². The number of hydrogen-bond acceptors (Lipinski definition) is 3. The highest BCUT2D eigenvalue weighted by Gasteiger charge is 2.34. The summed E-state index contributed by atoms with van der Waals surface area (Å²) in [5.74, 6) is 0.882. The van der Waals surface area contributed by atoms with Gasteiger partial charge in [-0.15, -0.1) is 0 Å². The van der Waals surface area contributed by atoms with E-state index in [0.29, 0.717) is 31.7 Å². The highest BCUT2D eigenvalue weighted by molar-refractivity contribution is 5.97. The smallest absolute Gasteiger partial charge is 0.247 e. The molecular formula is C23H28N2O3. The SMILES string of the molecule is CCOc1ccc(NC(=O)C2Cc3ccccc3CN2C(=O)CC(C)C)cc1. The van der Waals surface area contributed by atoms with Crippen LogP contribution in [0, 0.1) is 5.92 Å². The van der Waals surface area contributed by atoms with E-state index in [2.05, 4.69) is 5.32 Å². The molecule has 2 aromatic rings. The Hall–Kier alpha value is -2.82. The molecule has 0 aromatic heterocycles. The van der Waals surface area contributed by atoms with Gasteiger partial charge in [0.05, 0.1) is 6.61 Å². The first kappa shape index (κ1) is 19.9. The van der Waals surface area contributed by atoms with Crippen molar-refractivity contribution in [3.05, 3.63) is 59.7 Å². The molecule has 1 aliphatic heterocycles. The molecule has 0 fully saturated rings. The van der Waals surface area contributed by atoms with Gasteiger partial charge in [0.2, 0.25) is 11.8 Å². The van der Waals surface area contributed by atoms with Crippen molar-refractivity contribution in [2.75, 3.05) is 11.9 Å². The summed E-state index contributed by atoms with van der Waals surface area (Å²) in [7, 11) is 0. The molecule has 148 valence electrons. The Balaban J connectivity index is 1.79. The van der Waals surface area contributed by atoms with E-state index in [1.807, 2.05) is 69.3 Å². The van der Waals surface area contributed by atoms with E-state index in [1.54, 1.807) is 4.90 Å².